The lowest BCUT2D eigenvalue weighted by Gasteiger charge is -2.06. The second kappa shape index (κ2) is 8.80. The molecule has 0 N–H and O–H groups in total. The topological polar surface area (TPSA) is 67.2 Å². The summed E-state index contributed by atoms with van der Waals surface area (Å²) < 4.78 is 10.2. The Morgan fingerprint density at radius 3 is 2.83 bits per heavy atom. The average molecular weight is 238 g/mol. The van der Waals surface area contributed by atoms with Gasteiger partial charge in [0.25, 0.3) is 0 Å². The predicted molar refractivity (Wildman–Crippen MR) is 49.2 cm³/mol. The van der Waals surface area contributed by atoms with Crippen molar-refractivity contribution < 1.29 is 9.47 Å². The molecule has 0 saturated heterocycles. The van der Waals surface area contributed by atoms with Crippen molar-refractivity contribution in [1.82, 2.24) is 0 Å². The van der Waals surface area contributed by atoms with Crippen LogP contribution >= 0.6 is 15.9 Å². The molecule has 1 unspecified atom stereocenters. The van der Waals surface area contributed by atoms with Crippen molar-refractivity contribution in [2.45, 2.75) is 13.2 Å². The third-order valence-corrected chi connectivity index (χ3v) is 1.35. The van der Waals surface area contributed by atoms with Gasteiger partial charge < -0.3 is 9.47 Å². The van der Waals surface area contributed by atoms with E-state index < -0.39 is 6.23 Å². The van der Waals surface area contributed by atoms with Gasteiger partial charge in [-0.2, -0.15) is 0 Å². The normalized spacial score (nSPS) is 12.2. The molecular weight excluding hydrogens is 226 g/mol. The Bertz CT molecular complexity index is 150. The van der Waals surface area contributed by atoms with Crippen LogP contribution in [0.1, 0.15) is 6.92 Å². The lowest BCUT2D eigenvalue weighted by atomic mass is 10.6. The molecule has 1 atom stereocenters. The van der Waals surface area contributed by atoms with Crippen molar-refractivity contribution in [3.63, 3.8) is 0 Å². The van der Waals surface area contributed by atoms with E-state index in [0.717, 1.165) is 5.33 Å². The van der Waals surface area contributed by atoms with E-state index in [0.29, 0.717) is 19.8 Å². The molecule has 0 bridgehead atoms. The SMILES string of the molecule is CC(N=[N+]=[N-])OCCOCCBr. The summed E-state index contributed by atoms with van der Waals surface area (Å²) in [5, 5.41) is 4.15. The number of rotatable bonds is 7. The van der Waals surface area contributed by atoms with Crippen LogP contribution < -0.4 is 0 Å². The first-order chi connectivity index (χ1) is 5.81. The molecule has 0 aliphatic carbocycles. The molecule has 0 heterocycles. The highest BCUT2D eigenvalue weighted by molar-refractivity contribution is 9.09. The van der Waals surface area contributed by atoms with Gasteiger partial charge >= 0.3 is 0 Å². The zero-order valence-corrected chi connectivity index (χ0v) is 8.53. The summed E-state index contributed by atoms with van der Waals surface area (Å²) in [6.45, 7) is 3.33. The summed E-state index contributed by atoms with van der Waals surface area (Å²) in [7, 11) is 0. The fraction of sp³-hybridized carbons (Fsp3) is 1.00. The minimum Gasteiger partial charge on any atom is -0.378 e. The third-order valence-electron chi connectivity index (χ3n) is 1.02. The Labute approximate surface area is 79.8 Å². The van der Waals surface area contributed by atoms with E-state index in [9.17, 15) is 0 Å². The molecule has 0 aromatic heterocycles. The zero-order valence-electron chi connectivity index (χ0n) is 6.94. The van der Waals surface area contributed by atoms with Crippen LogP contribution in [0.5, 0.6) is 0 Å². The van der Waals surface area contributed by atoms with Crippen LogP contribution in [0.4, 0.5) is 0 Å². The van der Waals surface area contributed by atoms with Gasteiger partial charge in [-0.25, -0.2) is 0 Å². The minimum atomic E-state index is -0.414. The molecule has 5 nitrogen and oxygen atoms in total. The summed E-state index contributed by atoms with van der Waals surface area (Å²) in [4.78, 5) is 2.60. The molecule has 0 amide bonds. The molecule has 0 aromatic rings. The van der Waals surface area contributed by atoms with Crippen LogP contribution in [0.2, 0.25) is 0 Å². The molecule has 0 rings (SSSR count). The number of nitrogens with zero attached hydrogens (tertiary/aromatic N) is 3. The smallest absolute Gasteiger partial charge is 0.133 e. The minimum absolute atomic E-state index is 0.414. The van der Waals surface area contributed by atoms with Gasteiger partial charge in [-0.15, -0.1) is 0 Å². The molecule has 0 aliphatic heterocycles. The maximum Gasteiger partial charge on any atom is 0.133 e. The Hall–Kier alpha value is -0.290. The average Bonchev–Trinajstić information content (AvgIpc) is 2.05. The van der Waals surface area contributed by atoms with Crippen LogP contribution in [0.3, 0.4) is 0 Å². The number of azide groups is 1. The maximum atomic E-state index is 8.02. The summed E-state index contributed by atoms with van der Waals surface area (Å²) in [5.74, 6) is 0. The molecule has 0 aromatic carbocycles. The summed E-state index contributed by atoms with van der Waals surface area (Å²) in [6.07, 6.45) is -0.414. The van der Waals surface area contributed by atoms with E-state index >= 15 is 0 Å². The van der Waals surface area contributed by atoms with E-state index in [1.807, 2.05) is 0 Å². The van der Waals surface area contributed by atoms with Gasteiger partial charge in [0.15, 0.2) is 0 Å². The van der Waals surface area contributed by atoms with Crippen LogP contribution in [0.15, 0.2) is 5.11 Å². The quantitative estimate of drug-likeness (QED) is 0.224. The lowest BCUT2D eigenvalue weighted by molar-refractivity contribution is 0.0192. The molecule has 6 heteroatoms. The standard InChI is InChI=1S/C6H12BrN3O2/c1-6(9-10-8)12-5-4-11-3-2-7/h6H,2-5H2,1H3. The van der Waals surface area contributed by atoms with Crippen molar-refractivity contribution >= 4 is 15.9 Å². The van der Waals surface area contributed by atoms with Crippen molar-refractivity contribution in [3.8, 4) is 0 Å². The van der Waals surface area contributed by atoms with Crippen LogP contribution in [-0.2, 0) is 9.47 Å². The van der Waals surface area contributed by atoms with Gasteiger partial charge in [-0.1, -0.05) is 21.0 Å². The molecule has 12 heavy (non-hydrogen) atoms. The van der Waals surface area contributed by atoms with Crippen LogP contribution in [0, 0.1) is 0 Å². The Kier molecular flexibility index (Phi) is 8.59. The molecule has 70 valence electrons. The number of hydrogen-bond donors (Lipinski definition) is 0. The van der Waals surface area contributed by atoms with Crippen molar-refractivity contribution in [2.24, 2.45) is 5.11 Å². The van der Waals surface area contributed by atoms with E-state index in [1.165, 1.54) is 0 Å². The summed E-state index contributed by atoms with van der Waals surface area (Å²) in [6, 6.07) is 0. The summed E-state index contributed by atoms with van der Waals surface area (Å²) >= 11 is 3.22. The van der Waals surface area contributed by atoms with Crippen molar-refractivity contribution in [2.75, 3.05) is 25.2 Å². The van der Waals surface area contributed by atoms with E-state index in [-0.39, 0.29) is 0 Å². The number of halogens is 1. The Morgan fingerprint density at radius 2 is 2.25 bits per heavy atom. The fourth-order valence-corrected chi connectivity index (χ4v) is 0.769. The predicted octanol–water partition coefficient (Wildman–Crippen LogP) is 2.07. The first-order valence-electron chi connectivity index (χ1n) is 3.60. The van der Waals surface area contributed by atoms with E-state index in [1.54, 1.807) is 6.92 Å². The largest absolute Gasteiger partial charge is 0.378 e. The summed E-state index contributed by atoms with van der Waals surface area (Å²) in [5.41, 5.74) is 8.02. The van der Waals surface area contributed by atoms with Crippen molar-refractivity contribution in [1.29, 1.82) is 0 Å². The first kappa shape index (κ1) is 11.7. The Morgan fingerprint density at radius 1 is 1.50 bits per heavy atom. The van der Waals surface area contributed by atoms with Gasteiger partial charge in [-0.05, 0) is 12.5 Å². The van der Waals surface area contributed by atoms with E-state index in [4.69, 9.17) is 15.0 Å². The van der Waals surface area contributed by atoms with Gasteiger partial charge in [0.1, 0.15) is 6.23 Å². The highest BCUT2D eigenvalue weighted by atomic mass is 79.9. The third kappa shape index (κ3) is 7.81. The van der Waals surface area contributed by atoms with Crippen molar-refractivity contribution in [3.05, 3.63) is 10.4 Å². The highest BCUT2D eigenvalue weighted by Crippen LogP contribution is 1.92. The fourth-order valence-electron chi connectivity index (χ4n) is 0.540. The van der Waals surface area contributed by atoms with Gasteiger partial charge in [0, 0.05) is 10.2 Å². The molecule has 0 saturated carbocycles. The van der Waals surface area contributed by atoms with Gasteiger partial charge in [-0.3, -0.25) is 0 Å². The number of ether oxygens (including phenoxy) is 2. The maximum absolute atomic E-state index is 8.02. The molecule has 0 fully saturated rings. The Balaban J connectivity index is 3.13. The molecule has 0 spiro atoms. The molecular formula is C6H12BrN3O2. The van der Waals surface area contributed by atoms with Crippen LogP contribution in [-0.4, -0.2) is 31.4 Å². The monoisotopic (exact) mass is 237 g/mol. The number of alkyl halides is 1. The number of hydrogen-bond acceptors (Lipinski definition) is 3. The van der Waals surface area contributed by atoms with E-state index in [2.05, 4.69) is 26.0 Å². The zero-order chi connectivity index (χ0) is 9.23. The second-order valence-electron chi connectivity index (χ2n) is 1.98. The highest BCUT2D eigenvalue weighted by Gasteiger charge is 1.96. The lowest BCUT2D eigenvalue weighted by Crippen LogP contribution is -2.10. The van der Waals surface area contributed by atoms with Gasteiger partial charge in [0.05, 0.1) is 19.8 Å². The second-order valence-corrected chi connectivity index (χ2v) is 2.77. The molecule has 0 radical (unpaired) electrons. The van der Waals surface area contributed by atoms with Crippen LogP contribution in [0.25, 0.3) is 10.4 Å². The molecule has 0 aliphatic rings. The first-order valence-corrected chi connectivity index (χ1v) is 4.73. The van der Waals surface area contributed by atoms with Gasteiger partial charge in [0.2, 0.25) is 0 Å².